The molecule has 31 heavy (non-hydrogen) atoms. The number of halogens is 1. The maximum Gasteiger partial charge on any atom is 0.166 e. The topological polar surface area (TPSA) is 95.0 Å². The van der Waals surface area contributed by atoms with Crippen molar-refractivity contribution < 1.29 is 9.13 Å². The molecule has 0 unspecified atom stereocenters. The molecule has 3 heterocycles. The number of anilines is 1. The zero-order valence-corrected chi connectivity index (χ0v) is 17.7. The molecule has 0 saturated carbocycles. The smallest absolute Gasteiger partial charge is 0.166 e. The number of likely N-dealkylation sites (N-methyl/N-ethyl adjacent to an activating group) is 1. The van der Waals surface area contributed by atoms with Crippen molar-refractivity contribution in [3.05, 3.63) is 59.9 Å². The fraction of sp³-hybridized carbons (Fsp3) is 0.273. The normalized spacial score (nSPS) is 11.4. The third-order valence-corrected chi connectivity index (χ3v) is 4.77. The molecule has 0 radical (unpaired) electrons. The summed E-state index contributed by atoms with van der Waals surface area (Å²) in [6.07, 6.45) is 2.72. The van der Waals surface area contributed by atoms with Crippen molar-refractivity contribution in [2.75, 3.05) is 33.0 Å². The van der Waals surface area contributed by atoms with Gasteiger partial charge in [-0.2, -0.15) is 0 Å². The molecule has 9 heteroatoms. The predicted molar refractivity (Wildman–Crippen MR) is 117 cm³/mol. The quantitative estimate of drug-likeness (QED) is 0.490. The number of hydrogen-bond acceptors (Lipinski definition) is 7. The van der Waals surface area contributed by atoms with E-state index in [4.69, 9.17) is 10.5 Å². The number of nitrogen functional groups attached to an aromatic ring is 1. The zero-order chi connectivity index (χ0) is 22.0. The molecule has 0 aliphatic carbocycles. The summed E-state index contributed by atoms with van der Waals surface area (Å²) < 4.78 is 21.5. The number of aryl methyl sites for hydroxylation is 1. The summed E-state index contributed by atoms with van der Waals surface area (Å²) in [5.41, 5.74) is 8.72. The van der Waals surface area contributed by atoms with E-state index in [9.17, 15) is 4.39 Å². The molecule has 0 aliphatic rings. The van der Waals surface area contributed by atoms with Gasteiger partial charge in [0.05, 0.1) is 12.7 Å². The molecule has 160 valence electrons. The number of pyridine rings is 1. The molecule has 0 atom stereocenters. The molecule has 3 aromatic heterocycles. The van der Waals surface area contributed by atoms with E-state index >= 15 is 0 Å². The minimum Gasteiger partial charge on any atom is -0.492 e. The van der Waals surface area contributed by atoms with E-state index in [0.717, 1.165) is 24.1 Å². The molecule has 1 aromatic carbocycles. The zero-order valence-electron chi connectivity index (χ0n) is 17.7. The van der Waals surface area contributed by atoms with E-state index in [1.165, 1.54) is 6.07 Å². The number of aromatic nitrogens is 5. The van der Waals surface area contributed by atoms with Gasteiger partial charge in [0.2, 0.25) is 0 Å². The van der Waals surface area contributed by atoms with Gasteiger partial charge in [-0.25, -0.2) is 19.3 Å². The number of ether oxygens (including phenoxy) is 1. The summed E-state index contributed by atoms with van der Waals surface area (Å²) in [6, 6.07) is 9.23. The van der Waals surface area contributed by atoms with Gasteiger partial charge in [-0.15, -0.1) is 0 Å². The van der Waals surface area contributed by atoms with Crippen molar-refractivity contribution in [3.63, 3.8) is 0 Å². The third kappa shape index (κ3) is 4.61. The molecule has 0 fully saturated rings. The Bertz CT molecular complexity index is 1200. The van der Waals surface area contributed by atoms with Gasteiger partial charge in [-0.05, 0) is 44.8 Å². The third-order valence-electron chi connectivity index (χ3n) is 4.77. The lowest BCUT2D eigenvalue weighted by molar-refractivity contribution is 0.261. The van der Waals surface area contributed by atoms with Crippen LogP contribution in [0, 0.1) is 12.7 Å². The van der Waals surface area contributed by atoms with Crippen molar-refractivity contribution in [3.8, 4) is 17.1 Å². The van der Waals surface area contributed by atoms with E-state index in [-0.39, 0.29) is 5.82 Å². The average molecular weight is 421 g/mol. The second-order valence-electron chi connectivity index (χ2n) is 7.54. The molecular weight excluding hydrogens is 397 g/mol. The summed E-state index contributed by atoms with van der Waals surface area (Å²) in [6.45, 7) is 3.70. The molecule has 4 rings (SSSR count). The van der Waals surface area contributed by atoms with Gasteiger partial charge in [0.15, 0.2) is 17.0 Å². The first-order chi connectivity index (χ1) is 14.9. The Morgan fingerprint density at radius 1 is 1.10 bits per heavy atom. The maximum absolute atomic E-state index is 13.8. The highest BCUT2D eigenvalue weighted by atomic mass is 19.1. The monoisotopic (exact) mass is 421 g/mol. The largest absolute Gasteiger partial charge is 0.492 e. The highest BCUT2D eigenvalue weighted by Crippen LogP contribution is 2.27. The van der Waals surface area contributed by atoms with Gasteiger partial charge in [-0.1, -0.05) is 12.1 Å². The van der Waals surface area contributed by atoms with E-state index in [1.54, 1.807) is 13.1 Å². The van der Waals surface area contributed by atoms with E-state index < -0.39 is 5.82 Å². The van der Waals surface area contributed by atoms with Crippen molar-refractivity contribution in [1.82, 2.24) is 29.4 Å². The van der Waals surface area contributed by atoms with E-state index in [1.807, 2.05) is 42.9 Å². The Hall–Kier alpha value is -3.59. The minimum absolute atomic E-state index is 0.288. The second kappa shape index (κ2) is 8.65. The second-order valence-corrected chi connectivity index (χ2v) is 7.54. The number of nitrogens with zero attached hydrogens (tertiary/aromatic N) is 6. The van der Waals surface area contributed by atoms with Crippen LogP contribution in [0.3, 0.4) is 0 Å². The lowest BCUT2D eigenvalue weighted by atomic mass is 10.2. The number of benzene rings is 1. The molecular formula is C22H24FN7O. The Balaban J connectivity index is 1.70. The van der Waals surface area contributed by atoms with Gasteiger partial charge in [0, 0.05) is 18.3 Å². The fourth-order valence-corrected chi connectivity index (χ4v) is 3.26. The Morgan fingerprint density at radius 2 is 1.87 bits per heavy atom. The van der Waals surface area contributed by atoms with Crippen LogP contribution >= 0.6 is 0 Å². The van der Waals surface area contributed by atoms with Crippen molar-refractivity contribution in [1.29, 1.82) is 0 Å². The standard InChI is InChI=1S/C22H24FN7O/c1-14-26-20(24)19-22(27-14)30(21(28-19)16-10-17(23)12-25-11-16)13-15-4-6-18(7-5-15)31-9-8-29(2)3/h4-7,10-12H,8-9,13H2,1-3H3,(H2,24,26,27). The van der Waals surface area contributed by atoms with Crippen molar-refractivity contribution in [2.24, 2.45) is 0 Å². The summed E-state index contributed by atoms with van der Waals surface area (Å²) in [7, 11) is 4.01. The first-order valence-electron chi connectivity index (χ1n) is 9.88. The van der Waals surface area contributed by atoms with Gasteiger partial charge in [0.1, 0.15) is 29.8 Å². The lowest BCUT2D eigenvalue weighted by Crippen LogP contribution is -2.19. The van der Waals surface area contributed by atoms with Gasteiger partial charge >= 0.3 is 0 Å². The van der Waals surface area contributed by atoms with Crippen molar-refractivity contribution >= 4 is 17.0 Å². The SMILES string of the molecule is Cc1nc(N)c2nc(-c3cncc(F)c3)n(Cc3ccc(OCCN(C)C)cc3)c2n1. The van der Waals surface area contributed by atoms with Crippen LogP contribution in [0.1, 0.15) is 11.4 Å². The van der Waals surface area contributed by atoms with Crippen LogP contribution in [-0.4, -0.2) is 56.6 Å². The van der Waals surface area contributed by atoms with E-state index in [0.29, 0.717) is 41.5 Å². The highest BCUT2D eigenvalue weighted by Gasteiger charge is 2.18. The molecule has 0 spiro atoms. The lowest BCUT2D eigenvalue weighted by Gasteiger charge is -2.12. The number of imidazole rings is 1. The van der Waals surface area contributed by atoms with Gasteiger partial charge in [0.25, 0.3) is 0 Å². The van der Waals surface area contributed by atoms with Crippen LogP contribution in [0.2, 0.25) is 0 Å². The van der Waals surface area contributed by atoms with Crippen LogP contribution in [0.25, 0.3) is 22.6 Å². The summed E-state index contributed by atoms with van der Waals surface area (Å²) in [4.78, 5) is 19.4. The van der Waals surface area contributed by atoms with Gasteiger partial charge in [-0.3, -0.25) is 4.98 Å². The van der Waals surface area contributed by atoms with Crippen LogP contribution < -0.4 is 10.5 Å². The molecule has 2 N–H and O–H groups in total. The van der Waals surface area contributed by atoms with Crippen molar-refractivity contribution in [2.45, 2.75) is 13.5 Å². The Kier molecular flexibility index (Phi) is 5.77. The van der Waals surface area contributed by atoms with E-state index in [2.05, 4.69) is 24.8 Å². The molecule has 4 aromatic rings. The summed E-state index contributed by atoms with van der Waals surface area (Å²) >= 11 is 0. The number of hydrogen-bond donors (Lipinski definition) is 1. The summed E-state index contributed by atoms with van der Waals surface area (Å²) in [5.74, 6) is 1.72. The van der Waals surface area contributed by atoms with Crippen LogP contribution in [0.5, 0.6) is 5.75 Å². The molecule has 0 amide bonds. The molecule has 0 aliphatic heterocycles. The Morgan fingerprint density at radius 3 is 2.58 bits per heavy atom. The minimum atomic E-state index is -0.439. The number of fused-ring (bicyclic) bond motifs is 1. The predicted octanol–water partition coefficient (Wildman–Crippen LogP) is 2.91. The average Bonchev–Trinajstić information content (AvgIpc) is 3.08. The maximum atomic E-state index is 13.8. The Labute approximate surface area is 179 Å². The molecule has 0 bridgehead atoms. The fourth-order valence-electron chi connectivity index (χ4n) is 3.26. The highest BCUT2D eigenvalue weighted by molar-refractivity contribution is 5.85. The van der Waals surface area contributed by atoms with Crippen LogP contribution in [0.4, 0.5) is 10.2 Å². The first kappa shape index (κ1) is 20.7. The summed E-state index contributed by atoms with van der Waals surface area (Å²) in [5, 5.41) is 0. The number of nitrogens with two attached hydrogens (primary N) is 1. The first-order valence-corrected chi connectivity index (χ1v) is 9.88. The number of rotatable bonds is 7. The van der Waals surface area contributed by atoms with Crippen LogP contribution in [-0.2, 0) is 6.54 Å². The molecule has 8 nitrogen and oxygen atoms in total. The van der Waals surface area contributed by atoms with Gasteiger partial charge < -0.3 is 19.9 Å². The van der Waals surface area contributed by atoms with Crippen LogP contribution in [0.15, 0.2) is 42.7 Å². The molecule has 0 saturated heterocycles.